The first-order valence-electron chi connectivity index (χ1n) is 2.46. The SMILES string of the molecule is C=CNC(=S)OCCO. The van der Waals surface area contributed by atoms with Crippen LogP contribution in [-0.4, -0.2) is 23.5 Å². The standard InChI is InChI=1S/C5H9NO2S/c1-2-6-5(9)8-4-3-7/h2,7H,1,3-4H2,(H,6,9). The van der Waals surface area contributed by atoms with Crippen molar-refractivity contribution in [3.8, 4) is 0 Å². The fourth-order valence-electron chi connectivity index (χ4n) is 0.263. The number of aliphatic hydroxyl groups excluding tert-OH is 1. The number of hydrogen-bond acceptors (Lipinski definition) is 3. The van der Waals surface area contributed by atoms with Crippen LogP contribution in [0.3, 0.4) is 0 Å². The van der Waals surface area contributed by atoms with E-state index in [-0.39, 0.29) is 18.4 Å². The molecule has 0 aromatic carbocycles. The van der Waals surface area contributed by atoms with Crippen molar-refractivity contribution >= 4 is 17.4 Å². The van der Waals surface area contributed by atoms with Gasteiger partial charge in [0.05, 0.1) is 6.61 Å². The molecule has 0 bridgehead atoms. The monoisotopic (exact) mass is 147 g/mol. The molecule has 0 saturated carbocycles. The molecule has 4 heteroatoms. The Morgan fingerprint density at radius 3 is 3.00 bits per heavy atom. The maximum absolute atomic E-state index is 8.25. The van der Waals surface area contributed by atoms with E-state index >= 15 is 0 Å². The van der Waals surface area contributed by atoms with E-state index in [2.05, 4.69) is 24.1 Å². The topological polar surface area (TPSA) is 41.5 Å². The van der Waals surface area contributed by atoms with Gasteiger partial charge in [0.2, 0.25) is 0 Å². The van der Waals surface area contributed by atoms with Gasteiger partial charge < -0.3 is 15.2 Å². The van der Waals surface area contributed by atoms with E-state index in [9.17, 15) is 0 Å². The molecule has 0 aromatic rings. The van der Waals surface area contributed by atoms with Gasteiger partial charge in [-0.15, -0.1) is 0 Å². The van der Waals surface area contributed by atoms with Gasteiger partial charge in [-0.05, 0) is 18.4 Å². The molecule has 3 nitrogen and oxygen atoms in total. The van der Waals surface area contributed by atoms with Gasteiger partial charge in [0.1, 0.15) is 6.61 Å². The van der Waals surface area contributed by atoms with Gasteiger partial charge >= 0.3 is 0 Å². The Morgan fingerprint density at radius 1 is 1.89 bits per heavy atom. The number of ether oxygens (including phenoxy) is 1. The third kappa shape index (κ3) is 5.26. The summed E-state index contributed by atoms with van der Waals surface area (Å²) in [5, 5.41) is 11.0. The van der Waals surface area contributed by atoms with Crippen LogP contribution in [0.25, 0.3) is 0 Å². The second kappa shape index (κ2) is 5.53. The first-order valence-corrected chi connectivity index (χ1v) is 2.87. The zero-order chi connectivity index (χ0) is 7.11. The molecule has 0 aliphatic carbocycles. The number of hydrogen-bond donors (Lipinski definition) is 2. The van der Waals surface area contributed by atoms with E-state index in [1.165, 1.54) is 6.20 Å². The lowest BCUT2D eigenvalue weighted by Gasteiger charge is -2.02. The lowest BCUT2D eigenvalue weighted by Crippen LogP contribution is -2.19. The van der Waals surface area contributed by atoms with Crippen molar-refractivity contribution in [2.24, 2.45) is 0 Å². The van der Waals surface area contributed by atoms with E-state index in [0.29, 0.717) is 0 Å². The highest BCUT2D eigenvalue weighted by atomic mass is 32.1. The zero-order valence-electron chi connectivity index (χ0n) is 4.96. The van der Waals surface area contributed by atoms with Gasteiger partial charge in [0, 0.05) is 0 Å². The summed E-state index contributed by atoms with van der Waals surface area (Å²) in [6.07, 6.45) is 1.42. The Labute approximate surface area is 59.3 Å². The molecule has 0 radical (unpaired) electrons. The van der Waals surface area contributed by atoms with Gasteiger partial charge in [-0.25, -0.2) is 0 Å². The Hall–Kier alpha value is -0.610. The molecule has 0 heterocycles. The van der Waals surface area contributed by atoms with Crippen LogP contribution in [0.5, 0.6) is 0 Å². The third-order valence-corrected chi connectivity index (χ3v) is 0.780. The van der Waals surface area contributed by atoms with E-state index in [1.54, 1.807) is 0 Å². The average molecular weight is 147 g/mol. The third-order valence-electron chi connectivity index (χ3n) is 0.544. The summed E-state index contributed by atoms with van der Waals surface area (Å²) in [5.74, 6) is 0. The molecule has 0 aromatic heterocycles. The first-order chi connectivity index (χ1) is 4.31. The molecule has 0 rings (SSSR count). The molecule has 0 aliphatic rings. The van der Waals surface area contributed by atoms with Crippen molar-refractivity contribution in [3.05, 3.63) is 12.8 Å². The average Bonchev–Trinajstić information content (AvgIpc) is 1.85. The molecule has 52 valence electrons. The van der Waals surface area contributed by atoms with Crippen molar-refractivity contribution in [2.75, 3.05) is 13.2 Å². The summed E-state index contributed by atoms with van der Waals surface area (Å²) in [6, 6.07) is 0. The minimum atomic E-state index is -0.0288. The van der Waals surface area contributed by atoms with Crippen LogP contribution in [0, 0.1) is 0 Å². The summed E-state index contributed by atoms with van der Waals surface area (Å²) >= 11 is 4.60. The second-order valence-corrected chi connectivity index (χ2v) is 1.58. The molecule has 0 amide bonds. The normalized spacial score (nSPS) is 8.11. The molecule has 0 saturated heterocycles. The fourth-order valence-corrected chi connectivity index (χ4v) is 0.430. The van der Waals surface area contributed by atoms with E-state index in [0.717, 1.165) is 0 Å². The number of rotatable bonds is 3. The maximum Gasteiger partial charge on any atom is 0.260 e. The summed E-state index contributed by atoms with van der Waals surface area (Å²) in [5.41, 5.74) is 0. The summed E-state index contributed by atoms with van der Waals surface area (Å²) < 4.78 is 4.73. The van der Waals surface area contributed by atoms with Crippen LogP contribution in [0.15, 0.2) is 12.8 Å². The van der Waals surface area contributed by atoms with Crippen LogP contribution >= 0.6 is 12.2 Å². The molecule has 2 N–H and O–H groups in total. The predicted molar refractivity (Wildman–Crippen MR) is 39.0 cm³/mol. The highest BCUT2D eigenvalue weighted by molar-refractivity contribution is 7.80. The lowest BCUT2D eigenvalue weighted by atomic mass is 10.8. The molecule has 0 atom stereocenters. The van der Waals surface area contributed by atoms with Crippen molar-refractivity contribution in [1.82, 2.24) is 5.32 Å². The maximum atomic E-state index is 8.25. The van der Waals surface area contributed by atoms with Crippen molar-refractivity contribution in [3.63, 3.8) is 0 Å². The quantitative estimate of drug-likeness (QED) is 0.552. The number of aliphatic hydroxyl groups is 1. The molecule has 0 spiro atoms. The van der Waals surface area contributed by atoms with Crippen LogP contribution in [-0.2, 0) is 4.74 Å². The zero-order valence-corrected chi connectivity index (χ0v) is 5.78. The number of nitrogens with one attached hydrogen (secondary N) is 1. The number of thiocarbonyl (C=S) groups is 1. The smallest absolute Gasteiger partial charge is 0.260 e. The summed E-state index contributed by atoms with van der Waals surface area (Å²) in [6.45, 7) is 3.56. The first kappa shape index (κ1) is 8.39. The van der Waals surface area contributed by atoms with Crippen LogP contribution in [0.2, 0.25) is 0 Å². The summed E-state index contributed by atoms with van der Waals surface area (Å²) in [4.78, 5) is 0. The van der Waals surface area contributed by atoms with Crippen LogP contribution < -0.4 is 5.32 Å². The Morgan fingerprint density at radius 2 is 2.56 bits per heavy atom. The van der Waals surface area contributed by atoms with Crippen LogP contribution in [0.4, 0.5) is 0 Å². The minimum Gasteiger partial charge on any atom is -0.468 e. The second-order valence-electron chi connectivity index (χ2n) is 1.21. The van der Waals surface area contributed by atoms with Crippen LogP contribution in [0.1, 0.15) is 0 Å². The van der Waals surface area contributed by atoms with Gasteiger partial charge in [0.25, 0.3) is 5.17 Å². The molecule has 0 aliphatic heterocycles. The minimum absolute atomic E-state index is 0.0288. The highest BCUT2D eigenvalue weighted by Gasteiger charge is 1.88. The van der Waals surface area contributed by atoms with E-state index in [4.69, 9.17) is 9.84 Å². The van der Waals surface area contributed by atoms with E-state index < -0.39 is 0 Å². The largest absolute Gasteiger partial charge is 0.468 e. The Bertz CT molecular complexity index is 105. The van der Waals surface area contributed by atoms with Crippen molar-refractivity contribution in [1.29, 1.82) is 0 Å². The molecular weight excluding hydrogens is 138 g/mol. The molecule has 0 fully saturated rings. The molecule has 0 unspecified atom stereocenters. The van der Waals surface area contributed by atoms with E-state index in [1.807, 2.05) is 0 Å². The Kier molecular flexibility index (Phi) is 5.15. The van der Waals surface area contributed by atoms with Gasteiger partial charge in [0.15, 0.2) is 0 Å². The van der Waals surface area contributed by atoms with Gasteiger partial charge in [-0.1, -0.05) is 6.58 Å². The molecule has 9 heavy (non-hydrogen) atoms. The fraction of sp³-hybridized carbons (Fsp3) is 0.400. The lowest BCUT2D eigenvalue weighted by molar-refractivity contribution is 0.193. The van der Waals surface area contributed by atoms with Gasteiger partial charge in [-0.3, -0.25) is 0 Å². The summed E-state index contributed by atoms with van der Waals surface area (Å²) in [7, 11) is 0. The van der Waals surface area contributed by atoms with Gasteiger partial charge in [-0.2, -0.15) is 0 Å². The van der Waals surface area contributed by atoms with Crippen molar-refractivity contribution < 1.29 is 9.84 Å². The molecular formula is C5H9NO2S. The Balaban J connectivity index is 3.16. The predicted octanol–water partition coefficient (Wildman–Crippen LogP) is 0.0133. The van der Waals surface area contributed by atoms with Crippen molar-refractivity contribution in [2.45, 2.75) is 0 Å². The highest BCUT2D eigenvalue weighted by Crippen LogP contribution is 1.75.